The van der Waals surface area contributed by atoms with Gasteiger partial charge in [0.2, 0.25) is 0 Å². The van der Waals surface area contributed by atoms with Crippen LogP contribution in [0.4, 0.5) is 0 Å². The van der Waals surface area contributed by atoms with Gasteiger partial charge in [0.05, 0.1) is 25.2 Å². The second kappa shape index (κ2) is 6.55. The monoisotopic (exact) mass is 345 g/mol. The van der Waals surface area contributed by atoms with Crippen LogP contribution in [0.25, 0.3) is 0 Å². The van der Waals surface area contributed by atoms with Gasteiger partial charge in [0.15, 0.2) is 5.82 Å². The molecule has 2 aromatic heterocycles. The van der Waals surface area contributed by atoms with E-state index in [0.717, 1.165) is 55.8 Å². The molecule has 4 heterocycles. The van der Waals surface area contributed by atoms with Gasteiger partial charge in [-0.2, -0.15) is 0 Å². The predicted octanol–water partition coefficient (Wildman–Crippen LogP) is 1.71. The van der Waals surface area contributed by atoms with Gasteiger partial charge in [-0.25, -0.2) is 0 Å². The van der Waals surface area contributed by atoms with Crippen LogP contribution < -0.4 is 0 Å². The van der Waals surface area contributed by atoms with Gasteiger partial charge in [-0.05, 0) is 39.3 Å². The van der Waals surface area contributed by atoms with Crippen LogP contribution in [-0.4, -0.2) is 54.9 Å². The fraction of sp³-hybridized carbons (Fsp3) is 0.667. The number of aryl methyl sites for hydroxylation is 1. The number of likely N-dealkylation sites (tertiary alicyclic amines) is 1. The third kappa shape index (κ3) is 3.23. The van der Waals surface area contributed by atoms with Crippen molar-refractivity contribution in [1.82, 2.24) is 24.6 Å². The second-order valence-corrected chi connectivity index (χ2v) is 7.54. The summed E-state index contributed by atoms with van der Waals surface area (Å²) >= 11 is 0. The Morgan fingerprint density at radius 2 is 2.12 bits per heavy atom. The van der Waals surface area contributed by atoms with Crippen molar-refractivity contribution in [3.05, 3.63) is 35.3 Å². The van der Waals surface area contributed by atoms with E-state index >= 15 is 0 Å². The summed E-state index contributed by atoms with van der Waals surface area (Å²) in [5, 5.41) is 19.1. The standard InChI is InChI=1S/C18H27N5O2/c1-12(2)23-9-14(24)8-16(23)18-20-19-17-11-21(6-7-22(17)18)10-15-5-4-13(3)25-15/h4-5,12,14,16,24H,6-11H2,1-3H3/t14-,16-/m0/s1. The number of β-amino-alcohol motifs (C(OH)–C–C–N with tert-alkyl or cyclic N) is 1. The lowest BCUT2D eigenvalue weighted by Gasteiger charge is -2.30. The minimum atomic E-state index is -0.275. The Labute approximate surface area is 148 Å². The van der Waals surface area contributed by atoms with Gasteiger partial charge in [0.1, 0.15) is 17.3 Å². The Balaban J connectivity index is 1.50. The second-order valence-electron chi connectivity index (χ2n) is 7.54. The molecule has 0 aliphatic carbocycles. The molecule has 0 saturated carbocycles. The molecule has 4 rings (SSSR count). The number of hydrogen-bond acceptors (Lipinski definition) is 6. The zero-order valence-corrected chi connectivity index (χ0v) is 15.2. The molecule has 2 aliphatic heterocycles. The zero-order chi connectivity index (χ0) is 17.6. The van der Waals surface area contributed by atoms with Crippen molar-refractivity contribution in [2.24, 2.45) is 0 Å². The number of aromatic nitrogens is 3. The molecule has 2 aromatic rings. The van der Waals surface area contributed by atoms with E-state index in [-0.39, 0.29) is 12.1 Å². The van der Waals surface area contributed by atoms with Gasteiger partial charge in [-0.1, -0.05) is 0 Å². The zero-order valence-electron chi connectivity index (χ0n) is 15.2. The molecule has 2 atom stereocenters. The van der Waals surface area contributed by atoms with E-state index in [1.165, 1.54) is 0 Å². The number of hydrogen-bond donors (Lipinski definition) is 1. The van der Waals surface area contributed by atoms with Gasteiger partial charge in [-0.15, -0.1) is 10.2 Å². The van der Waals surface area contributed by atoms with Gasteiger partial charge >= 0.3 is 0 Å². The van der Waals surface area contributed by atoms with Crippen LogP contribution in [0.1, 0.15) is 49.5 Å². The molecule has 0 radical (unpaired) electrons. The van der Waals surface area contributed by atoms with Crippen LogP contribution in [0.5, 0.6) is 0 Å². The molecule has 0 unspecified atom stereocenters. The topological polar surface area (TPSA) is 70.6 Å². The van der Waals surface area contributed by atoms with E-state index in [2.05, 4.69) is 38.4 Å². The summed E-state index contributed by atoms with van der Waals surface area (Å²) < 4.78 is 7.95. The third-order valence-corrected chi connectivity index (χ3v) is 5.31. The average Bonchev–Trinajstić information content (AvgIpc) is 3.25. The summed E-state index contributed by atoms with van der Waals surface area (Å²) in [6.45, 7) is 10.5. The van der Waals surface area contributed by atoms with Crippen molar-refractivity contribution in [2.75, 3.05) is 13.1 Å². The van der Waals surface area contributed by atoms with Crippen molar-refractivity contribution in [1.29, 1.82) is 0 Å². The third-order valence-electron chi connectivity index (χ3n) is 5.31. The lowest BCUT2D eigenvalue weighted by Crippen LogP contribution is -2.36. The molecule has 0 amide bonds. The van der Waals surface area contributed by atoms with Crippen molar-refractivity contribution < 1.29 is 9.52 Å². The van der Waals surface area contributed by atoms with Gasteiger partial charge in [-0.3, -0.25) is 9.80 Å². The first-order valence-corrected chi connectivity index (χ1v) is 9.14. The Bertz CT molecular complexity index is 738. The first-order chi connectivity index (χ1) is 12.0. The molecule has 0 aromatic carbocycles. The number of rotatable bonds is 4. The van der Waals surface area contributed by atoms with Crippen molar-refractivity contribution in [2.45, 2.75) is 65.0 Å². The SMILES string of the molecule is Cc1ccc(CN2CCn3c(nnc3[C@@H]3C[C@H](O)CN3C(C)C)C2)o1. The largest absolute Gasteiger partial charge is 0.465 e. The van der Waals surface area contributed by atoms with Crippen molar-refractivity contribution in [3.63, 3.8) is 0 Å². The molecule has 0 spiro atoms. The minimum absolute atomic E-state index is 0.163. The summed E-state index contributed by atoms with van der Waals surface area (Å²) in [6.07, 6.45) is 0.466. The summed E-state index contributed by atoms with van der Waals surface area (Å²) in [5.74, 6) is 3.96. The predicted molar refractivity (Wildman–Crippen MR) is 92.8 cm³/mol. The van der Waals surface area contributed by atoms with Gasteiger partial charge in [0, 0.05) is 25.7 Å². The summed E-state index contributed by atoms with van der Waals surface area (Å²) in [7, 11) is 0. The van der Waals surface area contributed by atoms with E-state index in [9.17, 15) is 5.11 Å². The molecule has 25 heavy (non-hydrogen) atoms. The van der Waals surface area contributed by atoms with Gasteiger partial charge < -0.3 is 14.1 Å². The quantitative estimate of drug-likeness (QED) is 0.910. The van der Waals surface area contributed by atoms with Crippen LogP contribution in [0.2, 0.25) is 0 Å². The Morgan fingerprint density at radius 1 is 1.28 bits per heavy atom. The first kappa shape index (κ1) is 16.8. The molecular formula is C18H27N5O2. The minimum Gasteiger partial charge on any atom is -0.465 e. The van der Waals surface area contributed by atoms with Crippen molar-refractivity contribution in [3.8, 4) is 0 Å². The fourth-order valence-electron chi connectivity index (χ4n) is 4.06. The Kier molecular flexibility index (Phi) is 4.39. The van der Waals surface area contributed by atoms with Crippen molar-refractivity contribution >= 4 is 0 Å². The molecule has 0 bridgehead atoms. The maximum atomic E-state index is 10.1. The lowest BCUT2D eigenvalue weighted by molar-refractivity contribution is 0.154. The van der Waals surface area contributed by atoms with Crippen LogP contribution in [-0.2, 0) is 19.6 Å². The van der Waals surface area contributed by atoms with Crippen LogP contribution in [0.3, 0.4) is 0 Å². The summed E-state index contributed by atoms with van der Waals surface area (Å²) in [6, 6.07) is 4.60. The van der Waals surface area contributed by atoms with E-state index in [4.69, 9.17) is 4.42 Å². The van der Waals surface area contributed by atoms with Crippen LogP contribution in [0, 0.1) is 6.92 Å². The molecule has 2 aliphatic rings. The van der Waals surface area contributed by atoms with E-state index in [1.807, 2.05) is 19.1 Å². The first-order valence-electron chi connectivity index (χ1n) is 9.14. The smallest absolute Gasteiger partial charge is 0.150 e. The highest BCUT2D eigenvalue weighted by atomic mass is 16.3. The van der Waals surface area contributed by atoms with Crippen LogP contribution in [0.15, 0.2) is 16.5 Å². The Morgan fingerprint density at radius 3 is 2.84 bits per heavy atom. The lowest BCUT2D eigenvalue weighted by atomic mass is 10.1. The highest BCUT2D eigenvalue weighted by molar-refractivity contribution is 5.09. The molecule has 7 heteroatoms. The molecule has 1 N–H and O–H groups in total. The number of nitrogens with zero attached hydrogens (tertiary/aromatic N) is 5. The molecule has 1 fully saturated rings. The van der Waals surface area contributed by atoms with E-state index in [0.29, 0.717) is 12.6 Å². The van der Waals surface area contributed by atoms with Crippen LogP contribution >= 0.6 is 0 Å². The van der Waals surface area contributed by atoms with E-state index < -0.39 is 0 Å². The summed E-state index contributed by atoms with van der Waals surface area (Å²) in [4.78, 5) is 4.68. The van der Waals surface area contributed by atoms with E-state index in [1.54, 1.807) is 0 Å². The number of fused-ring (bicyclic) bond motifs is 1. The van der Waals surface area contributed by atoms with Gasteiger partial charge in [0.25, 0.3) is 0 Å². The normalized spacial score (nSPS) is 25.0. The number of furan rings is 1. The maximum Gasteiger partial charge on any atom is 0.150 e. The fourth-order valence-corrected chi connectivity index (χ4v) is 4.06. The highest BCUT2D eigenvalue weighted by Gasteiger charge is 2.37. The highest BCUT2D eigenvalue weighted by Crippen LogP contribution is 2.33. The number of aliphatic hydroxyl groups is 1. The maximum absolute atomic E-state index is 10.1. The molecule has 1 saturated heterocycles. The molecule has 136 valence electrons. The summed E-state index contributed by atoms with van der Waals surface area (Å²) in [5.41, 5.74) is 0. The molecule has 7 nitrogen and oxygen atoms in total. The number of aliphatic hydroxyl groups excluding tert-OH is 1. The molecular weight excluding hydrogens is 318 g/mol. The Hall–Kier alpha value is -1.70. The average molecular weight is 345 g/mol.